The molecule has 2 aromatic carbocycles. The Morgan fingerprint density at radius 2 is 2.04 bits per heavy atom. The molecule has 27 heavy (non-hydrogen) atoms. The number of hydrogen-bond acceptors (Lipinski definition) is 5. The minimum atomic E-state index is -1.26. The molecular weight excluding hydrogens is 365 g/mol. The fourth-order valence-electron chi connectivity index (χ4n) is 2.81. The van der Waals surface area contributed by atoms with Gasteiger partial charge in [0.1, 0.15) is 16.6 Å². The number of rotatable bonds is 6. The topological polar surface area (TPSA) is 62.7 Å². The van der Waals surface area contributed by atoms with E-state index in [1.807, 2.05) is 18.2 Å². The van der Waals surface area contributed by atoms with Crippen LogP contribution >= 0.6 is 11.8 Å². The van der Waals surface area contributed by atoms with Gasteiger partial charge in [-0.3, -0.25) is 10.1 Å². The second kappa shape index (κ2) is 8.00. The minimum Gasteiger partial charge on any atom is -0.440 e. The molecule has 2 aromatic rings. The van der Waals surface area contributed by atoms with Crippen LogP contribution < -0.4 is 15.5 Å². The third-order valence-electron chi connectivity index (χ3n) is 3.82. The van der Waals surface area contributed by atoms with Crippen molar-refractivity contribution in [2.24, 2.45) is 11.0 Å². The van der Waals surface area contributed by atoms with Gasteiger partial charge in [0.15, 0.2) is 0 Å². The Bertz CT molecular complexity index is 858. The van der Waals surface area contributed by atoms with E-state index >= 15 is 0 Å². The molecule has 1 heterocycles. The maximum Gasteiger partial charge on any atom is 0.334 e. The van der Waals surface area contributed by atoms with Gasteiger partial charge in [-0.05, 0) is 60.0 Å². The summed E-state index contributed by atoms with van der Waals surface area (Å²) >= 11 is 1.24. The number of nitrogens with one attached hydrogen (secondary N) is 2. The lowest BCUT2D eigenvalue weighted by Crippen LogP contribution is -2.56. The second-order valence-corrected chi connectivity index (χ2v) is 7.91. The predicted molar refractivity (Wildman–Crippen MR) is 106 cm³/mol. The zero-order valence-electron chi connectivity index (χ0n) is 15.5. The SMILES string of the molecule is CC(=O)NC1(Oc2ccccc2)NN=C(c2ccc(F)cc2CC(C)C)S1. The third kappa shape index (κ3) is 4.80. The predicted octanol–water partition coefficient (Wildman–Crippen LogP) is 3.85. The highest BCUT2D eigenvalue weighted by Gasteiger charge is 2.42. The smallest absolute Gasteiger partial charge is 0.334 e. The normalized spacial score (nSPS) is 18.8. The molecular formula is C20H22FN3O2S. The van der Waals surface area contributed by atoms with Gasteiger partial charge in [-0.15, -0.1) is 0 Å². The molecule has 142 valence electrons. The van der Waals surface area contributed by atoms with E-state index in [9.17, 15) is 9.18 Å². The molecule has 0 saturated carbocycles. The van der Waals surface area contributed by atoms with Crippen LogP contribution in [0.5, 0.6) is 5.75 Å². The first kappa shape index (κ1) is 19.2. The van der Waals surface area contributed by atoms with Crippen molar-refractivity contribution in [3.05, 3.63) is 65.5 Å². The Morgan fingerprint density at radius 1 is 1.30 bits per heavy atom. The summed E-state index contributed by atoms with van der Waals surface area (Å²) in [5, 5.41) is 6.53. The molecule has 7 heteroatoms. The van der Waals surface area contributed by atoms with E-state index in [0.717, 1.165) is 17.5 Å². The number of carbonyl (C=O) groups is 1. The van der Waals surface area contributed by atoms with Crippen LogP contribution in [0.3, 0.4) is 0 Å². The number of carbonyl (C=O) groups excluding carboxylic acids is 1. The van der Waals surface area contributed by atoms with E-state index in [4.69, 9.17) is 4.74 Å². The Labute approximate surface area is 162 Å². The highest BCUT2D eigenvalue weighted by Crippen LogP contribution is 2.34. The van der Waals surface area contributed by atoms with Crippen LogP contribution in [-0.2, 0) is 11.2 Å². The Morgan fingerprint density at radius 3 is 2.70 bits per heavy atom. The first-order valence-electron chi connectivity index (χ1n) is 8.72. The summed E-state index contributed by atoms with van der Waals surface area (Å²) in [5.41, 5.74) is 4.59. The molecule has 5 nitrogen and oxygen atoms in total. The standard InChI is InChI=1S/C20H22FN3O2S/c1-13(2)11-15-12-16(21)9-10-18(15)19-23-24-20(27-19,22-14(3)25)26-17-7-5-4-6-8-17/h4-10,12-13,24H,11H2,1-3H3,(H,22,25). The molecule has 1 unspecified atom stereocenters. The number of hydrazone groups is 1. The van der Waals surface area contributed by atoms with Gasteiger partial charge in [0.25, 0.3) is 0 Å². The monoisotopic (exact) mass is 387 g/mol. The molecule has 0 radical (unpaired) electrons. The van der Waals surface area contributed by atoms with Crippen molar-refractivity contribution in [2.45, 2.75) is 32.4 Å². The largest absolute Gasteiger partial charge is 0.440 e. The summed E-state index contributed by atoms with van der Waals surface area (Å²) in [5.74, 6) is 0.416. The number of para-hydroxylation sites is 1. The molecule has 1 atom stereocenters. The molecule has 3 rings (SSSR count). The number of ether oxygens (including phenoxy) is 1. The summed E-state index contributed by atoms with van der Waals surface area (Å²) in [6.07, 6.45) is 0.722. The maximum absolute atomic E-state index is 13.8. The molecule has 0 bridgehead atoms. The average Bonchev–Trinajstić information content (AvgIpc) is 2.98. The van der Waals surface area contributed by atoms with Gasteiger partial charge >= 0.3 is 5.18 Å². The van der Waals surface area contributed by atoms with Crippen molar-refractivity contribution in [3.63, 3.8) is 0 Å². The van der Waals surface area contributed by atoms with Crippen LogP contribution in [0, 0.1) is 11.7 Å². The molecule has 1 aliphatic rings. The Balaban J connectivity index is 1.88. The van der Waals surface area contributed by atoms with Crippen LogP contribution in [0.2, 0.25) is 0 Å². The number of benzene rings is 2. The Kier molecular flexibility index (Phi) is 5.70. The van der Waals surface area contributed by atoms with Crippen LogP contribution in [0.15, 0.2) is 53.6 Å². The zero-order chi connectivity index (χ0) is 19.4. The summed E-state index contributed by atoms with van der Waals surface area (Å²) in [6.45, 7) is 5.58. The number of hydrogen-bond donors (Lipinski definition) is 2. The van der Waals surface area contributed by atoms with Crippen molar-refractivity contribution in [1.29, 1.82) is 0 Å². The lowest BCUT2D eigenvalue weighted by Gasteiger charge is -2.28. The second-order valence-electron chi connectivity index (χ2n) is 6.74. The van der Waals surface area contributed by atoms with Crippen molar-refractivity contribution < 1.29 is 13.9 Å². The van der Waals surface area contributed by atoms with Crippen LogP contribution in [0.1, 0.15) is 31.9 Å². The molecule has 0 saturated heterocycles. The summed E-state index contributed by atoms with van der Waals surface area (Å²) < 4.78 is 19.8. The molecule has 0 aliphatic carbocycles. The number of nitrogens with zero attached hydrogens (tertiary/aromatic N) is 1. The number of thioether (sulfide) groups is 1. The van der Waals surface area contributed by atoms with E-state index in [1.54, 1.807) is 18.2 Å². The van der Waals surface area contributed by atoms with Gasteiger partial charge in [-0.1, -0.05) is 32.0 Å². The van der Waals surface area contributed by atoms with Crippen molar-refractivity contribution in [3.8, 4) is 5.75 Å². The van der Waals surface area contributed by atoms with E-state index < -0.39 is 5.18 Å². The molecule has 0 spiro atoms. The molecule has 0 fully saturated rings. The van der Waals surface area contributed by atoms with Crippen molar-refractivity contribution in [1.82, 2.24) is 10.7 Å². The molecule has 2 N–H and O–H groups in total. The van der Waals surface area contributed by atoms with Crippen molar-refractivity contribution in [2.75, 3.05) is 0 Å². The molecule has 1 aliphatic heterocycles. The van der Waals surface area contributed by atoms with Crippen LogP contribution in [-0.4, -0.2) is 16.1 Å². The van der Waals surface area contributed by atoms with E-state index in [1.165, 1.54) is 30.8 Å². The zero-order valence-corrected chi connectivity index (χ0v) is 16.3. The fraction of sp³-hybridized carbons (Fsp3) is 0.300. The summed E-state index contributed by atoms with van der Waals surface area (Å²) in [6, 6.07) is 13.8. The van der Waals surface area contributed by atoms with E-state index in [0.29, 0.717) is 16.7 Å². The number of halogens is 1. The van der Waals surface area contributed by atoms with E-state index in [-0.39, 0.29) is 11.7 Å². The molecule has 0 aromatic heterocycles. The highest BCUT2D eigenvalue weighted by atomic mass is 32.2. The fourth-order valence-corrected chi connectivity index (χ4v) is 3.91. The minimum absolute atomic E-state index is 0.260. The Hall–Kier alpha value is -2.54. The first-order valence-corrected chi connectivity index (χ1v) is 9.54. The third-order valence-corrected chi connectivity index (χ3v) is 4.88. The van der Waals surface area contributed by atoms with Gasteiger partial charge in [-0.2, -0.15) is 5.10 Å². The van der Waals surface area contributed by atoms with Crippen LogP contribution in [0.25, 0.3) is 0 Å². The maximum atomic E-state index is 13.8. The van der Waals surface area contributed by atoms with Gasteiger partial charge in [-0.25, -0.2) is 9.82 Å². The van der Waals surface area contributed by atoms with Crippen molar-refractivity contribution >= 4 is 22.7 Å². The van der Waals surface area contributed by atoms with Gasteiger partial charge in [0, 0.05) is 12.5 Å². The van der Waals surface area contributed by atoms with Crippen LogP contribution in [0.4, 0.5) is 4.39 Å². The number of amides is 1. The van der Waals surface area contributed by atoms with E-state index in [2.05, 4.69) is 29.7 Å². The summed E-state index contributed by atoms with van der Waals surface area (Å²) in [7, 11) is 0. The molecule has 1 amide bonds. The summed E-state index contributed by atoms with van der Waals surface area (Å²) in [4.78, 5) is 11.8. The van der Waals surface area contributed by atoms with Gasteiger partial charge < -0.3 is 4.74 Å². The highest BCUT2D eigenvalue weighted by molar-refractivity contribution is 8.15. The lowest BCUT2D eigenvalue weighted by atomic mass is 9.98. The quantitative estimate of drug-likeness (QED) is 0.739. The van der Waals surface area contributed by atoms with Gasteiger partial charge in [0.2, 0.25) is 5.91 Å². The van der Waals surface area contributed by atoms with Gasteiger partial charge in [0.05, 0.1) is 0 Å². The average molecular weight is 387 g/mol. The lowest BCUT2D eigenvalue weighted by molar-refractivity contribution is -0.122. The first-order chi connectivity index (χ1) is 12.9.